The Morgan fingerprint density at radius 1 is 1.27 bits per heavy atom. The molecule has 2 aromatic heterocycles. The average molecular weight is 388 g/mol. The third kappa shape index (κ3) is 5.17. The molecule has 0 saturated carbocycles. The molecule has 2 N–H and O–H groups in total. The van der Waals surface area contributed by atoms with Gasteiger partial charge in [0.15, 0.2) is 5.13 Å². The number of nitrogens with zero attached hydrogens (tertiary/aromatic N) is 2. The quantitative estimate of drug-likeness (QED) is 0.756. The van der Waals surface area contributed by atoms with E-state index in [0.29, 0.717) is 17.4 Å². The highest BCUT2D eigenvalue weighted by atomic mass is 32.1. The van der Waals surface area contributed by atoms with Gasteiger partial charge < -0.3 is 10.6 Å². The van der Waals surface area contributed by atoms with E-state index in [2.05, 4.69) is 20.6 Å². The van der Waals surface area contributed by atoms with Gasteiger partial charge in [-0.05, 0) is 17.9 Å². The summed E-state index contributed by atoms with van der Waals surface area (Å²) in [6.07, 6.45) is 5.02. The van der Waals surface area contributed by atoms with Crippen molar-refractivity contribution < 1.29 is 14.4 Å². The zero-order valence-corrected chi connectivity index (χ0v) is 15.3. The third-order valence-corrected chi connectivity index (χ3v) is 5.25. The molecule has 26 heavy (non-hydrogen) atoms. The average Bonchev–Trinajstić information content (AvgIpc) is 3.28. The second-order valence-electron chi connectivity index (χ2n) is 5.49. The predicted molar refractivity (Wildman–Crippen MR) is 102 cm³/mol. The fraction of sp³-hybridized carbons (Fsp3) is 0.235. The van der Waals surface area contributed by atoms with Crippen molar-refractivity contribution in [3.8, 4) is 0 Å². The standard InChI is InChI=1S/C17H16N4O3S2/c22-14-4-3-11(9-19-14)16(24)21-17-20-12(10-26-17)8-15(23)18-6-5-13-2-1-7-25-13/h1-4,7,9-11H,5-6,8H2,(H,18,23)(H,20,21,24). The van der Waals surface area contributed by atoms with Gasteiger partial charge >= 0.3 is 0 Å². The summed E-state index contributed by atoms with van der Waals surface area (Å²) in [5, 5.41) is 9.69. The maximum absolute atomic E-state index is 12.1. The monoisotopic (exact) mass is 388 g/mol. The smallest absolute Gasteiger partial charge is 0.269 e. The highest BCUT2D eigenvalue weighted by Crippen LogP contribution is 2.17. The summed E-state index contributed by atoms with van der Waals surface area (Å²) in [5.74, 6) is -1.40. The Morgan fingerprint density at radius 2 is 2.15 bits per heavy atom. The van der Waals surface area contributed by atoms with E-state index in [0.717, 1.165) is 6.42 Å². The van der Waals surface area contributed by atoms with Crippen molar-refractivity contribution in [1.82, 2.24) is 10.3 Å². The molecule has 3 heterocycles. The van der Waals surface area contributed by atoms with Crippen LogP contribution in [0.3, 0.4) is 0 Å². The number of dihydropyridines is 1. The first kappa shape index (κ1) is 18.2. The minimum Gasteiger partial charge on any atom is -0.355 e. The van der Waals surface area contributed by atoms with Gasteiger partial charge in [0, 0.05) is 29.1 Å². The minimum absolute atomic E-state index is 0.106. The van der Waals surface area contributed by atoms with Crippen molar-refractivity contribution in [2.24, 2.45) is 10.9 Å². The lowest BCUT2D eigenvalue weighted by Gasteiger charge is -2.08. The summed E-state index contributed by atoms with van der Waals surface area (Å²) in [7, 11) is 0. The van der Waals surface area contributed by atoms with Gasteiger partial charge in [0.25, 0.3) is 5.91 Å². The zero-order chi connectivity index (χ0) is 18.4. The number of aromatic nitrogens is 1. The van der Waals surface area contributed by atoms with Gasteiger partial charge in [-0.25, -0.2) is 9.98 Å². The number of amides is 3. The van der Waals surface area contributed by atoms with E-state index in [1.54, 1.807) is 16.7 Å². The first-order chi connectivity index (χ1) is 12.6. The highest BCUT2D eigenvalue weighted by molar-refractivity contribution is 7.14. The molecule has 9 heteroatoms. The van der Waals surface area contributed by atoms with Crippen LogP contribution < -0.4 is 10.6 Å². The maximum atomic E-state index is 12.1. The molecule has 0 saturated heterocycles. The number of anilines is 1. The molecule has 1 aliphatic rings. The normalized spacial score (nSPS) is 15.8. The van der Waals surface area contributed by atoms with Crippen LogP contribution in [0.5, 0.6) is 0 Å². The molecule has 1 aliphatic heterocycles. The van der Waals surface area contributed by atoms with E-state index < -0.39 is 5.92 Å². The molecule has 0 spiro atoms. The molecular formula is C17H16N4O3S2. The van der Waals surface area contributed by atoms with Gasteiger partial charge in [0.2, 0.25) is 11.8 Å². The van der Waals surface area contributed by atoms with E-state index >= 15 is 0 Å². The first-order valence-corrected chi connectivity index (χ1v) is 9.67. The Balaban J connectivity index is 1.44. The van der Waals surface area contributed by atoms with Crippen LogP contribution in [0, 0.1) is 5.92 Å². The van der Waals surface area contributed by atoms with Gasteiger partial charge in [-0.3, -0.25) is 14.4 Å². The fourth-order valence-electron chi connectivity index (χ4n) is 2.23. The van der Waals surface area contributed by atoms with Crippen LogP contribution in [0.1, 0.15) is 10.6 Å². The van der Waals surface area contributed by atoms with Crippen molar-refractivity contribution in [1.29, 1.82) is 0 Å². The van der Waals surface area contributed by atoms with Crippen LogP contribution >= 0.6 is 22.7 Å². The van der Waals surface area contributed by atoms with Crippen LogP contribution in [-0.4, -0.2) is 35.5 Å². The molecule has 3 amide bonds. The Bertz CT molecular complexity index is 839. The summed E-state index contributed by atoms with van der Waals surface area (Å²) in [4.78, 5) is 44.1. The van der Waals surface area contributed by atoms with Gasteiger partial charge in [0.1, 0.15) is 0 Å². The van der Waals surface area contributed by atoms with Gasteiger partial charge in [-0.1, -0.05) is 12.1 Å². The van der Waals surface area contributed by atoms with Crippen LogP contribution in [0.25, 0.3) is 0 Å². The Labute approximate surface area is 157 Å². The number of carbonyl (C=O) groups is 3. The maximum Gasteiger partial charge on any atom is 0.269 e. The molecule has 0 aliphatic carbocycles. The molecule has 0 aromatic carbocycles. The number of hydrogen-bond acceptors (Lipinski definition) is 6. The van der Waals surface area contributed by atoms with Crippen molar-refractivity contribution in [2.75, 3.05) is 11.9 Å². The predicted octanol–water partition coefficient (Wildman–Crippen LogP) is 1.83. The van der Waals surface area contributed by atoms with Crippen LogP contribution in [-0.2, 0) is 27.2 Å². The molecule has 7 nitrogen and oxygen atoms in total. The van der Waals surface area contributed by atoms with Crippen molar-refractivity contribution in [2.45, 2.75) is 12.8 Å². The number of rotatable bonds is 7. The van der Waals surface area contributed by atoms with E-state index in [1.165, 1.54) is 34.6 Å². The SMILES string of the molecule is O=C1C=CC(C(=O)Nc2nc(CC(=O)NCCc3cccs3)cs2)C=N1. The number of carbonyl (C=O) groups excluding carboxylic acids is 3. The molecule has 134 valence electrons. The topological polar surface area (TPSA) is 101 Å². The fourth-order valence-corrected chi connectivity index (χ4v) is 3.65. The molecule has 3 rings (SSSR count). The summed E-state index contributed by atoms with van der Waals surface area (Å²) >= 11 is 2.91. The van der Waals surface area contributed by atoms with Gasteiger partial charge in [0.05, 0.1) is 18.0 Å². The van der Waals surface area contributed by atoms with Gasteiger partial charge in [-0.2, -0.15) is 0 Å². The third-order valence-electron chi connectivity index (χ3n) is 3.51. The molecule has 2 aromatic rings. The molecule has 1 unspecified atom stereocenters. The molecule has 0 radical (unpaired) electrons. The summed E-state index contributed by atoms with van der Waals surface area (Å²) in [6.45, 7) is 0.582. The highest BCUT2D eigenvalue weighted by Gasteiger charge is 2.18. The van der Waals surface area contributed by atoms with E-state index in [9.17, 15) is 14.4 Å². The summed E-state index contributed by atoms with van der Waals surface area (Å²) in [6, 6.07) is 4.02. The van der Waals surface area contributed by atoms with Gasteiger partial charge in [-0.15, -0.1) is 22.7 Å². The number of thiazole rings is 1. The van der Waals surface area contributed by atoms with Crippen molar-refractivity contribution in [3.05, 3.63) is 45.6 Å². The minimum atomic E-state index is -0.597. The largest absolute Gasteiger partial charge is 0.355 e. The van der Waals surface area contributed by atoms with Crippen molar-refractivity contribution >= 4 is 51.7 Å². The number of hydrogen-bond donors (Lipinski definition) is 2. The Morgan fingerprint density at radius 3 is 2.88 bits per heavy atom. The van der Waals surface area contributed by atoms with Crippen molar-refractivity contribution in [3.63, 3.8) is 0 Å². The van der Waals surface area contributed by atoms with E-state index in [4.69, 9.17) is 0 Å². The first-order valence-electron chi connectivity index (χ1n) is 7.91. The molecule has 1 atom stereocenters. The van der Waals surface area contributed by atoms with E-state index in [-0.39, 0.29) is 24.1 Å². The Hall–Kier alpha value is -2.65. The Kier molecular flexibility index (Phi) is 6.03. The lowest BCUT2D eigenvalue weighted by molar-refractivity contribution is -0.120. The second-order valence-corrected chi connectivity index (χ2v) is 7.38. The molecular weight excluding hydrogens is 372 g/mol. The van der Waals surface area contributed by atoms with Crippen LogP contribution in [0.2, 0.25) is 0 Å². The lowest BCUT2D eigenvalue weighted by Crippen LogP contribution is -2.27. The zero-order valence-electron chi connectivity index (χ0n) is 13.7. The molecule has 0 bridgehead atoms. The van der Waals surface area contributed by atoms with E-state index in [1.807, 2.05) is 17.5 Å². The summed E-state index contributed by atoms with van der Waals surface area (Å²) in [5.41, 5.74) is 0.599. The molecule has 0 fully saturated rings. The van der Waals surface area contributed by atoms with Crippen LogP contribution in [0.4, 0.5) is 5.13 Å². The second kappa shape index (κ2) is 8.63. The number of thiophene rings is 1. The lowest BCUT2D eigenvalue weighted by atomic mass is 10.1. The van der Waals surface area contributed by atoms with Crippen LogP contribution in [0.15, 0.2) is 40.0 Å². The number of aliphatic imine (C=N–C) groups is 1. The number of nitrogens with one attached hydrogen (secondary N) is 2. The summed E-state index contributed by atoms with van der Waals surface area (Å²) < 4.78 is 0.